The number of carbonyl (C=O) groups excluding carboxylic acids is 1. The molecular formula is C17H19N3O. The van der Waals surface area contributed by atoms with Crippen molar-refractivity contribution in [2.45, 2.75) is 19.8 Å². The molecule has 0 aliphatic heterocycles. The summed E-state index contributed by atoms with van der Waals surface area (Å²) in [6.45, 7) is 1.99. The molecule has 2 amide bonds. The third-order valence-electron chi connectivity index (χ3n) is 3.15. The number of benzene rings is 2. The third kappa shape index (κ3) is 4.45. The van der Waals surface area contributed by atoms with E-state index in [9.17, 15) is 4.79 Å². The number of amides is 2. The Hall–Kier alpha value is -2.62. The second-order valence-corrected chi connectivity index (χ2v) is 4.75. The summed E-state index contributed by atoms with van der Waals surface area (Å²) in [5.41, 5.74) is 11.6. The van der Waals surface area contributed by atoms with E-state index in [0.717, 1.165) is 24.1 Å². The minimum absolute atomic E-state index is 0.651. The molecule has 0 radical (unpaired) electrons. The van der Waals surface area contributed by atoms with Crippen molar-refractivity contribution in [1.29, 1.82) is 0 Å². The molecule has 0 fully saturated rings. The summed E-state index contributed by atoms with van der Waals surface area (Å²) in [6, 6.07) is 17.8. The predicted octanol–water partition coefficient (Wildman–Crippen LogP) is 3.06. The van der Waals surface area contributed by atoms with Gasteiger partial charge in [0, 0.05) is 0 Å². The van der Waals surface area contributed by atoms with Gasteiger partial charge in [0.1, 0.15) is 0 Å². The fourth-order valence-electron chi connectivity index (χ4n) is 2.16. The van der Waals surface area contributed by atoms with Gasteiger partial charge >= 0.3 is 6.03 Å². The molecule has 0 saturated heterocycles. The normalized spacial score (nSPS) is 11.2. The van der Waals surface area contributed by atoms with Crippen molar-refractivity contribution in [3.63, 3.8) is 0 Å². The van der Waals surface area contributed by atoms with Crippen LogP contribution in [0.2, 0.25) is 0 Å². The van der Waals surface area contributed by atoms with Crippen LogP contribution >= 0.6 is 0 Å². The summed E-state index contributed by atoms with van der Waals surface area (Å²) in [6.07, 6.45) is 1.59. The first-order chi connectivity index (χ1) is 10.2. The molecule has 2 aromatic rings. The number of nitrogens with one attached hydrogen (secondary N) is 1. The lowest BCUT2D eigenvalue weighted by Crippen LogP contribution is -2.25. The van der Waals surface area contributed by atoms with E-state index in [0.29, 0.717) is 0 Å². The molecule has 0 aliphatic carbocycles. The number of nitrogens with zero attached hydrogens (tertiary/aromatic N) is 1. The highest BCUT2D eigenvalue weighted by Crippen LogP contribution is 2.13. The molecule has 0 atom stereocenters. The van der Waals surface area contributed by atoms with Crippen molar-refractivity contribution in [2.24, 2.45) is 10.8 Å². The van der Waals surface area contributed by atoms with E-state index in [1.165, 1.54) is 11.1 Å². The first-order valence-corrected chi connectivity index (χ1v) is 6.94. The molecule has 0 heterocycles. The van der Waals surface area contributed by atoms with E-state index in [4.69, 9.17) is 5.73 Å². The molecule has 21 heavy (non-hydrogen) atoms. The number of hydrogen-bond donors (Lipinski definition) is 2. The van der Waals surface area contributed by atoms with Gasteiger partial charge < -0.3 is 5.73 Å². The Labute approximate surface area is 124 Å². The lowest BCUT2D eigenvalue weighted by molar-refractivity contribution is 0.249. The van der Waals surface area contributed by atoms with Gasteiger partial charge in [0.05, 0.1) is 5.71 Å². The Bertz CT molecular complexity index is 635. The first-order valence-electron chi connectivity index (χ1n) is 6.94. The maximum Gasteiger partial charge on any atom is 0.332 e. The molecule has 4 nitrogen and oxygen atoms in total. The van der Waals surface area contributed by atoms with Crippen LogP contribution in [0, 0.1) is 0 Å². The average molecular weight is 281 g/mol. The molecule has 0 aromatic heterocycles. The van der Waals surface area contributed by atoms with E-state index in [2.05, 4.69) is 34.8 Å². The quantitative estimate of drug-likeness (QED) is 0.642. The maximum atomic E-state index is 10.8. The monoisotopic (exact) mass is 281 g/mol. The first kappa shape index (κ1) is 14.8. The smallest absolute Gasteiger partial charge is 0.332 e. The fraction of sp³-hybridized carbons (Fsp3) is 0.176. The van der Waals surface area contributed by atoms with E-state index < -0.39 is 6.03 Å². The SMILES string of the molecule is CC/C(=N\NC(N)=O)c1cccc(Cc2ccccc2)c1. The van der Waals surface area contributed by atoms with Crippen molar-refractivity contribution < 1.29 is 4.79 Å². The van der Waals surface area contributed by atoms with Crippen LogP contribution < -0.4 is 11.2 Å². The number of hydrogen-bond acceptors (Lipinski definition) is 2. The maximum absolute atomic E-state index is 10.8. The van der Waals surface area contributed by atoms with Crippen molar-refractivity contribution in [2.75, 3.05) is 0 Å². The standard InChI is InChI=1S/C17H19N3O/c1-2-16(19-20-17(18)21)15-10-6-9-14(12-15)11-13-7-4-3-5-8-13/h3-10,12H,2,11H2,1H3,(H3,18,20,21)/b19-16+. The number of hydrazone groups is 1. The number of nitrogens with two attached hydrogens (primary N) is 1. The lowest BCUT2D eigenvalue weighted by Gasteiger charge is -2.07. The summed E-state index contributed by atoms with van der Waals surface area (Å²) in [5.74, 6) is 0. The zero-order valence-corrected chi connectivity index (χ0v) is 12.0. The van der Waals surface area contributed by atoms with Crippen LogP contribution in [0.5, 0.6) is 0 Å². The van der Waals surface area contributed by atoms with Crippen LogP contribution in [0.25, 0.3) is 0 Å². The average Bonchev–Trinajstić information content (AvgIpc) is 2.49. The summed E-state index contributed by atoms with van der Waals surface area (Å²) >= 11 is 0. The molecule has 0 saturated carbocycles. The van der Waals surface area contributed by atoms with Crippen LogP contribution in [0.3, 0.4) is 0 Å². The van der Waals surface area contributed by atoms with Crippen molar-refractivity contribution in [3.8, 4) is 0 Å². The fourth-order valence-corrected chi connectivity index (χ4v) is 2.16. The largest absolute Gasteiger partial charge is 0.350 e. The van der Waals surface area contributed by atoms with Crippen molar-refractivity contribution in [1.82, 2.24) is 5.43 Å². The van der Waals surface area contributed by atoms with Gasteiger partial charge in [-0.25, -0.2) is 10.2 Å². The molecule has 3 N–H and O–H groups in total. The van der Waals surface area contributed by atoms with Crippen LogP contribution in [0.1, 0.15) is 30.0 Å². The van der Waals surface area contributed by atoms with Gasteiger partial charge in [0.15, 0.2) is 0 Å². The molecule has 4 heteroatoms. The zero-order valence-electron chi connectivity index (χ0n) is 12.0. The molecular weight excluding hydrogens is 262 g/mol. The topological polar surface area (TPSA) is 67.5 Å². The van der Waals surface area contributed by atoms with Crippen LogP contribution in [-0.2, 0) is 6.42 Å². The highest BCUT2D eigenvalue weighted by atomic mass is 16.2. The second-order valence-electron chi connectivity index (χ2n) is 4.75. The zero-order chi connectivity index (χ0) is 15.1. The summed E-state index contributed by atoms with van der Waals surface area (Å²) in [4.78, 5) is 10.8. The lowest BCUT2D eigenvalue weighted by atomic mass is 10.0. The van der Waals surface area contributed by atoms with E-state index in [1.807, 2.05) is 37.3 Å². The van der Waals surface area contributed by atoms with Gasteiger partial charge in [-0.05, 0) is 35.6 Å². The minimum atomic E-state index is -0.651. The van der Waals surface area contributed by atoms with Gasteiger partial charge in [-0.1, -0.05) is 55.5 Å². The number of urea groups is 1. The Balaban J connectivity index is 2.20. The molecule has 0 spiro atoms. The van der Waals surface area contributed by atoms with E-state index in [1.54, 1.807) is 0 Å². The number of carbonyl (C=O) groups is 1. The van der Waals surface area contributed by atoms with Gasteiger partial charge in [0.25, 0.3) is 0 Å². The number of rotatable bonds is 5. The molecule has 0 aliphatic rings. The Morgan fingerprint density at radius 1 is 1.10 bits per heavy atom. The summed E-state index contributed by atoms with van der Waals surface area (Å²) in [7, 11) is 0. The highest BCUT2D eigenvalue weighted by molar-refractivity contribution is 6.00. The molecule has 0 unspecified atom stereocenters. The highest BCUT2D eigenvalue weighted by Gasteiger charge is 2.04. The van der Waals surface area contributed by atoms with E-state index >= 15 is 0 Å². The number of primary amides is 1. The van der Waals surface area contributed by atoms with Crippen LogP contribution in [0.4, 0.5) is 4.79 Å². The minimum Gasteiger partial charge on any atom is -0.350 e. The van der Waals surface area contributed by atoms with Gasteiger partial charge in [-0.3, -0.25) is 0 Å². The van der Waals surface area contributed by atoms with Gasteiger partial charge in [0.2, 0.25) is 0 Å². The Morgan fingerprint density at radius 2 is 1.81 bits per heavy atom. The van der Waals surface area contributed by atoms with E-state index in [-0.39, 0.29) is 0 Å². The predicted molar refractivity (Wildman–Crippen MR) is 85.2 cm³/mol. The van der Waals surface area contributed by atoms with Crippen LogP contribution in [0.15, 0.2) is 59.7 Å². The molecule has 2 rings (SSSR count). The van der Waals surface area contributed by atoms with Crippen molar-refractivity contribution in [3.05, 3.63) is 71.3 Å². The third-order valence-corrected chi connectivity index (χ3v) is 3.15. The summed E-state index contributed by atoms with van der Waals surface area (Å²) in [5, 5.41) is 4.05. The molecule has 2 aromatic carbocycles. The van der Waals surface area contributed by atoms with Crippen molar-refractivity contribution >= 4 is 11.7 Å². The Kier molecular flexibility index (Phi) is 5.10. The Morgan fingerprint density at radius 3 is 2.48 bits per heavy atom. The summed E-state index contributed by atoms with van der Waals surface area (Å²) < 4.78 is 0. The van der Waals surface area contributed by atoms with Crippen LogP contribution in [-0.4, -0.2) is 11.7 Å². The molecule has 108 valence electrons. The van der Waals surface area contributed by atoms with Gasteiger partial charge in [-0.15, -0.1) is 0 Å². The second kappa shape index (κ2) is 7.24. The van der Waals surface area contributed by atoms with Gasteiger partial charge in [-0.2, -0.15) is 5.10 Å². The molecule has 0 bridgehead atoms.